The summed E-state index contributed by atoms with van der Waals surface area (Å²) in [5.74, 6) is 0.922. The summed E-state index contributed by atoms with van der Waals surface area (Å²) in [4.78, 5) is 6.41. The van der Waals surface area contributed by atoms with E-state index in [0.717, 1.165) is 23.5 Å². The number of hydrogen-bond acceptors (Lipinski definition) is 4. The first kappa shape index (κ1) is 10.7. The van der Waals surface area contributed by atoms with E-state index in [4.69, 9.17) is 10.2 Å². The average molecular weight is 217 g/mol. The monoisotopic (exact) mass is 217 g/mol. The molecule has 2 aromatic rings. The van der Waals surface area contributed by atoms with Crippen molar-refractivity contribution in [2.24, 2.45) is 5.73 Å². The number of rotatable bonds is 4. The van der Waals surface area contributed by atoms with Crippen molar-refractivity contribution in [2.75, 3.05) is 11.9 Å². The van der Waals surface area contributed by atoms with Gasteiger partial charge in [-0.15, -0.1) is 0 Å². The maximum atomic E-state index is 5.68. The molecule has 2 rings (SSSR count). The minimum Gasteiger partial charge on any atom is -0.472 e. The van der Waals surface area contributed by atoms with Crippen LogP contribution in [0.2, 0.25) is 0 Å². The minimum atomic E-state index is 0.499. The Morgan fingerprint density at radius 3 is 3.00 bits per heavy atom. The lowest BCUT2D eigenvalue weighted by molar-refractivity contribution is 0.563. The first-order chi connectivity index (χ1) is 7.81. The lowest BCUT2D eigenvalue weighted by Crippen LogP contribution is -2.19. The zero-order valence-corrected chi connectivity index (χ0v) is 9.26. The number of nitrogens with two attached hydrogens (primary N) is 1. The predicted molar refractivity (Wildman–Crippen MR) is 62.9 cm³/mol. The molecule has 0 unspecified atom stereocenters. The number of nitrogens with zero attached hydrogens (tertiary/aromatic N) is 2. The van der Waals surface area contributed by atoms with Gasteiger partial charge in [0.15, 0.2) is 0 Å². The molecule has 16 heavy (non-hydrogen) atoms. The molecule has 0 saturated carbocycles. The van der Waals surface area contributed by atoms with Crippen LogP contribution in [0.4, 0.5) is 5.82 Å². The zero-order chi connectivity index (χ0) is 11.4. The van der Waals surface area contributed by atoms with E-state index in [1.807, 2.05) is 25.2 Å². The van der Waals surface area contributed by atoms with Crippen molar-refractivity contribution in [3.63, 3.8) is 0 Å². The molecule has 0 saturated heterocycles. The van der Waals surface area contributed by atoms with Crippen LogP contribution in [0.1, 0.15) is 11.1 Å². The molecular formula is C12H15N3O. The second-order valence-electron chi connectivity index (χ2n) is 3.68. The molecule has 0 aliphatic rings. The third-order valence-electron chi connectivity index (χ3n) is 2.45. The van der Waals surface area contributed by atoms with Gasteiger partial charge in [0.1, 0.15) is 5.82 Å². The standard InChI is InChI=1S/C12H15N3O/c1-15(8-10-4-6-16-9-10)12-11(7-13)3-2-5-14-12/h2-6,9H,7-8,13H2,1H3. The van der Waals surface area contributed by atoms with Crippen molar-refractivity contribution in [3.8, 4) is 0 Å². The molecule has 0 aromatic carbocycles. The van der Waals surface area contributed by atoms with Crippen LogP contribution in [0.5, 0.6) is 0 Å². The Balaban J connectivity index is 2.17. The average Bonchev–Trinajstić information content (AvgIpc) is 2.81. The maximum Gasteiger partial charge on any atom is 0.133 e. The fourth-order valence-electron chi connectivity index (χ4n) is 1.66. The van der Waals surface area contributed by atoms with Gasteiger partial charge in [0, 0.05) is 37.5 Å². The van der Waals surface area contributed by atoms with E-state index in [0.29, 0.717) is 6.54 Å². The third-order valence-corrected chi connectivity index (χ3v) is 2.45. The molecule has 4 nitrogen and oxygen atoms in total. The van der Waals surface area contributed by atoms with Crippen molar-refractivity contribution >= 4 is 5.82 Å². The van der Waals surface area contributed by atoms with Gasteiger partial charge in [-0.05, 0) is 12.1 Å². The van der Waals surface area contributed by atoms with Gasteiger partial charge in [-0.2, -0.15) is 0 Å². The van der Waals surface area contributed by atoms with Gasteiger partial charge in [0.05, 0.1) is 12.5 Å². The van der Waals surface area contributed by atoms with Crippen LogP contribution in [-0.4, -0.2) is 12.0 Å². The quantitative estimate of drug-likeness (QED) is 0.848. The number of furan rings is 1. The first-order valence-electron chi connectivity index (χ1n) is 5.17. The Kier molecular flexibility index (Phi) is 3.22. The Bertz CT molecular complexity index is 439. The summed E-state index contributed by atoms with van der Waals surface area (Å²) in [5, 5.41) is 0. The lowest BCUT2D eigenvalue weighted by atomic mass is 10.2. The molecule has 0 fully saturated rings. The molecule has 0 aliphatic carbocycles. The zero-order valence-electron chi connectivity index (χ0n) is 9.26. The highest BCUT2D eigenvalue weighted by Gasteiger charge is 2.08. The van der Waals surface area contributed by atoms with Crippen LogP contribution in [0.3, 0.4) is 0 Å². The van der Waals surface area contributed by atoms with E-state index < -0.39 is 0 Å². The molecule has 2 aromatic heterocycles. The Hall–Kier alpha value is -1.81. The SMILES string of the molecule is CN(Cc1ccoc1)c1ncccc1CN. The molecule has 0 amide bonds. The molecule has 0 spiro atoms. The summed E-state index contributed by atoms with van der Waals surface area (Å²) in [5.41, 5.74) is 7.85. The van der Waals surface area contributed by atoms with Gasteiger partial charge in [-0.25, -0.2) is 4.98 Å². The van der Waals surface area contributed by atoms with Crippen molar-refractivity contribution in [2.45, 2.75) is 13.1 Å². The van der Waals surface area contributed by atoms with Crippen LogP contribution in [0, 0.1) is 0 Å². The second-order valence-corrected chi connectivity index (χ2v) is 3.68. The highest BCUT2D eigenvalue weighted by atomic mass is 16.3. The van der Waals surface area contributed by atoms with Crippen molar-refractivity contribution < 1.29 is 4.42 Å². The van der Waals surface area contributed by atoms with E-state index >= 15 is 0 Å². The van der Waals surface area contributed by atoms with Gasteiger partial charge >= 0.3 is 0 Å². The number of hydrogen-bond donors (Lipinski definition) is 1. The van der Waals surface area contributed by atoms with E-state index in [9.17, 15) is 0 Å². The number of pyridine rings is 1. The smallest absolute Gasteiger partial charge is 0.133 e. The molecule has 0 radical (unpaired) electrons. The number of anilines is 1. The highest BCUT2D eigenvalue weighted by Crippen LogP contribution is 2.17. The summed E-state index contributed by atoms with van der Waals surface area (Å²) in [7, 11) is 1.99. The molecule has 0 bridgehead atoms. The Morgan fingerprint density at radius 2 is 2.31 bits per heavy atom. The maximum absolute atomic E-state index is 5.68. The van der Waals surface area contributed by atoms with Gasteiger partial charge in [-0.1, -0.05) is 6.07 Å². The van der Waals surface area contributed by atoms with E-state index in [2.05, 4.69) is 9.88 Å². The lowest BCUT2D eigenvalue weighted by Gasteiger charge is -2.19. The predicted octanol–water partition coefficient (Wildman–Crippen LogP) is 1.77. The van der Waals surface area contributed by atoms with Crippen LogP contribution in [-0.2, 0) is 13.1 Å². The normalized spacial score (nSPS) is 10.4. The Labute approximate surface area is 94.7 Å². The van der Waals surface area contributed by atoms with Gasteiger partial charge in [0.25, 0.3) is 0 Å². The molecule has 0 atom stereocenters. The van der Waals surface area contributed by atoms with Crippen molar-refractivity contribution in [1.29, 1.82) is 0 Å². The third kappa shape index (κ3) is 2.23. The number of aromatic nitrogens is 1. The van der Waals surface area contributed by atoms with Crippen LogP contribution in [0.25, 0.3) is 0 Å². The van der Waals surface area contributed by atoms with Crippen molar-refractivity contribution in [1.82, 2.24) is 4.98 Å². The molecule has 84 valence electrons. The highest BCUT2D eigenvalue weighted by molar-refractivity contribution is 5.46. The molecule has 2 heterocycles. The summed E-state index contributed by atoms with van der Waals surface area (Å²) in [6.45, 7) is 1.26. The van der Waals surface area contributed by atoms with Crippen molar-refractivity contribution in [3.05, 3.63) is 48.0 Å². The molecule has 0 aliphatic heterocycles. The molecule has 2 N–H and O–H groups in total. The topological polar surface area (TPSA) is 55.3 Å². The van der Waals surface area contributed by atoms with Gasteiger partial charge in [0.2, 0.25) is 0 Å². The Morgan fingerprint density at radius 1 is 1.44 bits per heavy atom. The van der Waals surface area contributed by atoms with E-state index in [1.165, 1.54) is 0 Å². The summed E-state index contributed by atoms with van der Waals surface area (Å²) in [6.07, 6.45) is 5.19. The largest absolute Gasteiger partial charge is 0.472 e. The van der Waals surface area contributed by atoms with Crippen LogP contribution in [0.15, 0.2) is 41.3 Å². The van der Waals surface area contributed by atoms with Crippen LogP contribution < -0.4 is 10.6 Å². The van der Waals surface area contributed by atoms with E-state index in [-0.39, 0.29) is 0 Å². The fourth-order valence-corrected chi connectivity index (χ4v) is 1.66. The van der Waals surface area contributed by atoms with Gasteiger partial charge in [-0.3, -0.25) is 0 Å². The summed E-state index contributed by atoms with van der Waals surface area (Å²) in [6, 6.07) is 5.84. The molecular weight excluding hydrogens is 202 g/mol. The van der Waals surface area contributed by atoms with Gasteiger partial charge < -0.3 is 15.1 Å². The first-order valence-corrected chi connectivity index (χ1v) is 5.17. The van der Waals surface area contributed by atoms with E-state index in [1.54, 1.807) is 18.7 Å². The summed E-state index contributed by atoms with van der Waals surface area (Å²) >= 11 is 0. The fraction of sp³-hybridized carbons (Fsp3) is 0.250. The second kappa shape index (κ2) is 4.81. The summed E-state index contributed by atoms with van der Waals surface area (Å²) < 4.78 is 5.04. The molecule has 4 heteroatoms. The van der Waals surface area contributed by atoms with Crippen LogP contribution >= 0.6 is 0 Å². The minimum absolute atomic E-state index is 0.499.